The minimum atomic E-state index is -0.0240. The first-order valence-corrected chi connectivity index (χ1v) is 9.68. The maximum atomic E-state index is 12.8. The van der Waals surface area contributed by atoms with Crippen molar-refractivity contribution in [2.24, 2.45) is 11.8 Å². The molecule has 0 aliphatic carbocycles. The van der Waals surface area contributed by atoms with Crippen molar-refractivity contribution in [1.29, 1.82) is 0 Å². The van der Waals surface area contributed by atoms with E-state index >= 15 is 0 Å². The SMILES string of the molecule is CC1CCN(CC(NC(=O)c2ccc3cc(O)ccc3c2)C(C)C)CC1. The summed E-state index contributed by atoms with van der Waals surface area (Å²) >= 11 is 0. The Morgan fingerprint density at radius 3 is 2.50 bits per heavy atom. The third kappa shape index (κ3) is 4.55. The van der Waals surface area contributed by atoms with Gasteiger partial charge in [-0.05, 0) is 72.8 Å². The van der Waals surface area contributed by atoms with E-state index in [9.17, 15) is 9.90 Å². The van der Waals surface area contributed by atoms with Crippen LogP contribution in [-0.4, -0.2) is 41.6 Å². The van der Waals surface area contributed by atoms with Crippen LogP contribution in [-0.2, 0) is 0 Å². The monoisotopic (exact) mass is 354 g/mol. The number of carbonyl (C=O) groups is 1. The summed E-state index contributed by atoms with van der Waals surface area (Å²) in [6, 6.07) is 11.0. The van der Waals surface area contributed by atoms with Gasteiger partial charge in [-0.3, -0.25) is 4.79 Å². The molecule has 1 fully saturated rings. The van der Waals surface area contributed by atoms with Crippen LogP contribution in [0.4, 0.5) is 0 Å². The molecule has 2 aromatic carbocycles. The van der Waals surface area contributed by atoms with Crippen molar-refractivity contribution < 1.29 is 9.90 Å². The smallest absolute Gasteiger partial charge is 0.251 e. The van der Waals surface area contributed by atoms with Gasteiger partial charge in [0.1, 0.15) is 5.75 Å². The molecule has 0 spiro atoms. The van der Waals surface area contributed by atoms with Gasteiger partial charge in [0.15, 0.2) is 0 Å². The van der Waals surface area contributed by atoms with Crippen molar-refractivity contribution in [1.82, 2.24) is 10.2 Å². The predicted molar refractivity (Wildman–Crippen MR) is 107 cm³/mol. The molecule has 0 aromatic heterocycles. The fourth-order valence-corrected chi connectivity index (χ4v) is 3.57. The fourth-order valence-electron chi connectivity index (χ4n) is 3.57. The molecule has 26 heavy (non-hydrogen) atoms. The van der Waals surface area contributed by atoms with Crippen LogP contribution in [0, 0.1) is 11.8 Å². The molecule has 0 saturated carbocycles. The first kappa shape index (κ1) is 18.7. The summed E-state index contributed by atoms with van der Waals surface area (Å²) in [6.07, 6.45) is 2.49. The molecule has 0 bridgehead atoms. The molecule has 2 aromatic rings. The van der Waals surface area contributed by atoms with Crippen LogP contribution in [0.3, 0.4) is 0 Å². The summed E-state index contributed by atoms with van der Waals surface area (Å²) in [7, 11) is 0. The van der Waals surface area contributed by atoms with Gasteiger partial charge in [-0.15, -0.1) is 0 Å². The molecule has 1 unspecified atom stereocenters. The molecule has 4 heteroatoms. The standard InChI is InChI=1S/C22H30N2O2/c1-15(2)21(14-24-10-8-16(3)9-11-24)23-22(26)19-5-4-18-13-20(25)7-6-17(18)12-19/h4-7,12-13,15-16,21,25H,8-11,14H2,1-3H3,(H,23,26). The Kier molecular flexibility index (Phi) is 5.82. The van der Waals surface area contributed by atoms with Crippen molar-refractivity contribution >= 4 is 16.7 Å². The highest BCUT2D eigenvalue weighted by molar-refractivity contribution is 5.99. The lowest BCUT2D eigenvalue weighted by atomic mass is 9.97. The van der Waals surface area contributed by atoms with Crippen LogP contribution < -0.4 is 5.32 Å². The van der Waals surface area contributed by atoms with E-state index in [1.54, 1.807) is 12.1 Å². The second-order valence-corrected chi connectivity index (χ2v) is 8.05. The molecule has 3 rings (SSSR count). The Hall–Kier alpha value is -2.07. The van der Waals surface area contributed by atoms with Crippen molar-refractivity contribution in [2.45, 2.75) is 39.7 Å². The van der Waals surface area contributed by atoms with E-state index in [1.165, 1.54) is 12.8 Å². The van der Waals surface area contributed by atoms with Gasteiger partial charge in [0.25, 0.3) is 5.91 Å². The minimum absolute atomic E-state index is 0.0240. The Morgan fingerprint density at radius 1 is 1.15 bits per heavy atom. The zero-order chi connectivity index (χ0) is 18.7. The maximum Gasteiger partial charge on any atom is 0.251 e. The van der Waals surface area contributed by atoms with E-state index in [0.29, 0.717) is 11.5 Å². The normalized spacial score (nSPS) is 17.5. The number of benzene rings is 2. The van der Waals surface area contributed by atoms with Gasteiger partial charge in [0.2, 0.25) is 0 Å². The van der Waals surface area contributed by atoms with Gasteiger partial charge in [-0.1, -0.05) is 32.9 Å². The third-order valence-electron chi connectivity index (χ3n) is 5.54. The summed E-state index contributed by atoms with van der Waals surface area (Å²) in [4.78, 5) is 15.3. The molecule has 1 aliphatic rings. The second kappa shape index (κ2) is 8.09. The molecular formula is C22H30N2O2. The van der Waals surface area contributed by atoms with E-state index in [-0.39, 0.29) is 17.7 Å². The zero-order valence-corrected chi connectivity index (χ0v) is 16.0. The number of hydrogen-bond acceptors (Lipinski definition) is 3. The van der Waals surface area contributed by atoms with Gasteiger partial charge in [-0.25, -0.2) is 0 Å². The van der Waals surface area contributed by atoms with Gasteiger partial charge >= 0.3 is 0 Å². The van der Waals surface area contributed by atoms with Crippen LogP contribution in [0.1, 0.15) is 44.0 Å². The lowest BCUT2D eigenvalue weighted by molar-refractivity contribution is 0.0895. The molecule has 1 amide bonds. The number of carbonyl (C=O) groups excluding carboxylic acids is 1. The number of fused-ring (bicyclic) bond motifs is 1. The highest BCUT2D eigenvalue weighted by atomic mass is 16.3. The Bertz CT molecular complexity index is 764. The van der Waals surface area contributed by atoms with Crippen LogP contribution in [0.2, 0.25) is 0 Å². The average Bonchev–Trinajstić information content (AvgIpc) is 2.62. The molecule has 2 N–H and O–H groups in total. The van der Waals surface area contributed by atoms with Gasteiger partial charge in [0, 0.05) is 18.2 Å². The topological polar surface area (TPSA) is 52.6 Å². The number of rotatable bonds is 5. The van der Waals surface area contributed by atoms with Crippen molar-refractivity contribution in [2.75, 3.05) is 19.6 Å². The van der Waals surface area contributed by atoms with E-state index < -0.39 is 0 Å². The number of aromatic hydroxyl groups is 1. The third-order valence-corrected chi connectivity index (χ3v) is 5.54. The predicted octanol–water partition coefficient (Wildman–Crippen LogP) is 4.03. The van der Waals surface area contributed by atoms with Crippen LogP contribution in [0.15, 0.2) is 36.4 Å². The van der Waals surface area contributed by atoms with Crippen LogP contribution >= 0.6 is 0 Å². The summed E-state index contributed by atoms with van der Waals surface area (Å²) < 4.78 is 0. The van der Waals surface area contributed by atoms with Gasteiger partial charge in [0.05, 0.1) is 0 Å². The first-order valence-electron chi connectivity index (χ1n) is 9.68. The number of nitrogens with zero attached hydrogens (tertiary/aromatic N) is 1. The number of likely N-dealkylation sites (tertiary alicyclic amines) is 1. The Labute approximate surface area is 156 Å². The number of phenolic OH excluding ortho intramolecular Hbond substituents is 1. The second-order valence-electron chi connectivity index (χ2n) is 8.05. The highest BCUT2D eigenvalue weighted by Gasteiger charge is 2.23. The fraction of sp³-hybridized carbons (Fsp3) is 0.500. The van der Waals surface area contributed by atoms with Crippen molar-refractivity contribution in [3.8, 4) is 5.75 Å². The maximum absolute atomic E-state index is 12.8. The number of amides is 1. The molecule has 1 heterocycles. The van der Waals surface area contributed by atoms with Gasteiger partial charge in [-0.2, -0.15) is 0 Å². The Morgan fingerprint density at radius 2 is 1.81 bits per heavy atom. The van der Waals surface area contributed by atoms with E-state index in [2.05, 4.69) is 31.0 Å². The van der Waals surface area contributed by atoms with E-state index in [4.69, 9.17) is 0 Å². The minimum Gasteiger partial charge on any atom is -0.508 e. The molecular weight excluding hydrogens is 324 g/mol. The first-order chi connectivity index (χ1) is 12.4. The van der Waals surface area contributed by atoms with Crippen molar-refractivity contribution in [3.05, 3.63) is 42.0 Å². The Balaban J connectivity index is 1.68. The lowest BCUT2D eigenvalue weighted by Gasteiger charge is -2.34. The number of nitrogens with one attached hydrogen (secondary N) is 1. The summed E-state index contributed by atoms with van der Waals surface area (Å²) in [5.41, 5.74) is 0.668. The van der Waals surface area contributed by atoms with E-state index in [1.807, 2.05) is 24.3 Å². The molecule has 4 nitrogen and oxygen atoms in total. The summed E-state index contributed by atoms with van der Waals surface area (Å²) in [5.74, 6) is 1.42. The molecule has 1 atom stereocenters. The molecule has 1 aliphatic heterocycles. The summed E-state index contributed by atoms with van der Waals surface area (Å²) in [6.45, 7) is 9.82. The van der Waals surface area contributed by atoms with Crippen LogP contribution in [0.5, 0.6) is 5.75 Å². The van der Waals surface area contributed by atoms with Crippen molar-refractivity contribution in [3.63, 3.8) is 0 Å². The highest BCUT2D eigenvalue weighted by Crippen LogP contribution is 2.22. The largest absolute Gasteiger partial charge is 0.508 e. The summed E-state index contributed by atoms with van der Waals surface area (Å²) in [5, 5.41) is 14.7. The van der Waals surface area contributed by atoms with Crippen LogP contribution in [0.25, 0.3) is 10.8 Å². The molecule has 0 radical (unpaired) electrons. The van der Waals surface area contributed by atoms with Gasteiger partial charge < -0.3 is 15.3 Å². The molecule has 1 saturated heterocycles. The zero-order valence-electron chi connectivity index (χ0n) is 16.0. The number of phenols is 1. The number of piperidine rings is 1. The lowest BCUT2D eigenvalue weighted by Crippen LogP contribution is -2.48. The average molecular weight is 354 g/mol. The van der Waals surface area contributed by atoms with E-state index in [0.717, 1.165) is 36.3 Å². The number of hydrogen-bond donors (Lipinski definition) is 2. The molecule has 140 valence electrons. The quantitative estimate of drug-likeness (QED) is 0.852.